The Morgan fingerprint density at radius 1 is 1.50 bits per heavy atom. The second-order valence-electron chi connectivity index (χ2n) is 3.59. The third kappa shape index (κ3) is 2.01. The number of benzene rings is 1. The van der Waals surface area contributed by atoms with Crippen LogP contribution in [-0.4, -0.2) is 18.4 Å². The van der Waals surface area contributed by atoms with Crippen molar-refractivity contribution in [2.45, 2.75) is 17.9 Å². The van der Waals surface area contributed by atoms with E-state index in [0.29, 0.717) is 5.56 Å². The molecule has 1 heterocycles. The molecule has 1 aliphatic rings. The van der Waals surface area contributed by atoms with Crippen LogP contribution < -0.4 is 10.5 Å². The van der Waals surface area contributed by atoms with Gasteiger partial charge in [0.25, 0.3) is 0 Å². The summed E-state index contributed by atoms with van der Waals surface area (Å²) in [6.45, 7) is 0. The Bertz CT molecular complexity index is 516. The monoisotopic (exact) mass is 247 g/mol. The summed E-state index contributed by atoms with van der Waals surface area (Å²) in [5.74, 6) is -0.286. The van der Waals surface area contributed by atoms with Crippen LogP contribution in [0.4, 0.5) is 4.39 Å². The minimum atomic E-state index is -4.31. The normalized spacial score (nSPS) is 24.7. The van der Waals surface area contributed by atoms with Gasteiger partial charge in [-0.1, -0.05) is 0 Å². The molecule has 1 aromatic carbocycles. The van der Waals surface area contributed by atoms with E-state index >= 15 is 0 Å². The predicted molar refractivity (Wildman–Crippen MR) is 53.9 cm³/mol. The maximum Gasteiger partial charge on any atom is 0.303 e. The van der Waals surface area contributed by atoms with E-state index in [4.69, 9.17) is 15.0 Å². The molecular formula is C9H10FNO4S. The Balaban J connectivity index is 2.41. The van der Waals surface area contributed by atoms with Crippen LogP contribution in [0.3, 0.4) is 0 Å². The summed E-state index contributed by atoms with van der Waals surface area (Å²) in [5, 5.41) is 0. The van der Waals surface area contributed by atoms with Crippen molar-refractivity contribution in [3.05, 3.63) is 29.6 Å². The fourth-order valence-electron chi connectivity index (χ4n) is 1.62. The van der Waals surface area contributed by atoms with E-state index in [2.05, 4.69) is 0 Å². The van der Waals surface area contributed by atoms with Crippen LogP contribution in [0.2, 0.25) is 0 Å². The number of rotatable bonds is 1. The molecule has 2 rings (SSSR count). The quantitative estimate of drug-likeness (QED) is 0.717. The average molecular weight is 247 g/mol. The third-order valence-electron chi connectivity index (χ3n) is 2.41. The van der Waals surface area contributed by atoms with Crippen LogP contribution >= 0.6 is 0 Å². The first-order chi connectivity index (χ1) is 7.38. The smallest absolute Gasteiger partial charge is 0.303 e. The van der Waals surface area contributed by atoms with Crippen molar-refractivity contribution in [2.24, 2.45) is 5.73 Å². The molecule has 3 N–H and O–H groups in total. The molecular weight excluding hydrogens is 237 g/mol. The molecule has 0 radical (unpaired) electrons. The second kappa shape index (κ2) is 3.69. The fraction of sp³-hybridized carbons (Fsp3) is 0.333. The molecule has 0 bridgehead atoms. The minimum absolute atomic E-state index is 0.102. The number of ether oxygens (including phenoxy) is 1. The van der Waals surface area contributed by atoms with Gasteiger partial charge >= 0.3 is 10.1 Å². The standard InChI is InChI=1S/C9H10FNO4S/c10-5-1-2-8-6(3-5)7(11)4-9(15-8)16(12,13)14/h1-3,7,9H,4,11H2,(H,12,13,14). The van der Waals surface area contributed by atoms with Gasteiger partial charge in [0.15, 0.2) is 0 Å². The number of nitrogens with two attached hydrogens (primary N) is 1. The van der Waals surface area contributed by atoms with Gasteiger partial charge in [0, 0.05) is 18.0 Å². The second-order valence-corrected chi connectivity index (χ2v) is 5.14. The van der Waals surface area contributed by atoms with Crippen molar-refractivity contribution >= 4 is 10.1 Å². The van der Waals surface area contributed by atoms with Gasteiger partial charge in [-0.05, 0) is 18.2 Å². The van der Waals surface area contributed by atoms with Gasteiger partial charge in [-0.2, -0.15) is 8.42 Å². The Hall–Kier alpha value is -1.18. The first kappa shape index (κ1) is 11.3. The first-order valence-electron chi connectivity index (χ1n) is 4.56. The van der Waals surface area contributed by atoms with Crippen LogP contribution in [0.1, 0.15) is 18.0 Å². The van der Waals surface area contributed by atoms with Crippen molar-refractivity contribution in [3.8, 4) is 5.75 Å². The van der Waals surface area contributed by atoms with E-state index in [1.807, 2.05) is 0 Å². The highest BCUT2D eigenvalue weighted by atomic mass is 32.2. The lowest BCUT2D eigenvalue weighted by Gasteiger charge is -2.28. The van der Waals surface area contributed by atoms with Crippen LogP contribution in [0, 0.1) is 5.82 Å². The van der Waals surface area contributed by atoms with Gasteiger partial charge in [0.2, 0.25) is 5.44 Å². The van der Waals surface area contributed by atoms with Crippen molar-refractivity contribution in [3.63, 3.8) is 0 Å². The molecule has 1 aromatic rings. The van der Waals surface area contributed by atoms with Gasteiger partial charge in [-0.25, -0.2) is 4.39 Å². The van der Waals surface area contributed by atoms with Crippen molar-refractivity contribution in [1.82, 2.24) is 0 Å². The molecule has 0 aromatic heterocycles. The first-order valence-corrected chi connectivity index (χ1v) is 6.06. The summed E-state index contributed by atoms with van der Waals surface area (Å²) in [5.41, 5.74) is 4.69. The summed E-state index contributed by atoms with van der Waals surface area (Å²) in [6.07, 6.45) is -0.102. The van der Waals surface area contributed by atoms with Gasteiger partial charge in [0.05, 0.1) is 0 Å². The Morgan fingerprint density at radius 3 is 2.81 bits per heavy atom. The molecule has 2 unspecified atom stereocenters. The van der Waals surface area contributed by atoms with E-state index in [-0.39, 0.29) is 12.2 Å². The lowest BCUT2D eigenvalue weighted by Crippen LogP contribution is -2.35. The predicted octanol–water partition coefficient (Wildman–Crippen LogP) is 0.822. The fourth-order valence-corrected chi connectivity index (χ4v) is 2.30. The summed E-state index contributed by atoms with van der Waals surface area (Å²) in [4.78, 5) is 0. The van der Waals surface area contributed by atoms with E-state index in [1.54, 1.807) is 0 Å². The molecule has 5 nitrogen and oxygen atoms in total. The molecule has 0 fully saturated rings. The zero-order valence-electron chi connectivity index (χ0n) is 8.13. The SMILES string of the molecule is NC1CC(S(=O)(=O)O)Oc2ccc(F)cc21. The number of halogens is 1. The summed E-state index contributed by atoms with van der Waals surface area (Å²) in [7, 11) is -4.31. The maximum absolute atomic E-state index is 12.9. The molecule has 0 aliphatic carbocycles. The highest BCUT2D eigenvalue weighted by Crippen LogP contribution is 2.34. The lowest BCUT2D eigenvalue weighted by atomic mass is 10.0. The summed E-state index contributed by atoms with van der Waals surface area (Å²) >= 11 is 0. The van der Waals surface area contributed by atoms with Crippen molar-refractivity contribution < 1.29 is 22.1 Å². The van der Waals surface area contributed by atoms with Crippen LogP contribution in [-0.2, 0) is 10.1 Å². The number of fused-ring (bicyclic) bond motifs is 1. The summed E-state index contributed by atoms with van der Waals surface area (Å²) < 4.78 is 48.6. The van der Waals surface area contributed by atoms with Crippen LogP contribution in [0.5, 0.6) is 5.75 Å². The number of hydrogen-bond donors (Lipinski definition) is 2. The maximum atomic E-state index is 12.9. The van der Waals surface area contributed by atoms with Gasteiger partial charge in [0.1, 0.15) is 11.6 Å². The molecule has 16 heavy (non-hydrogen) atoms. The molecule has 1 aliphatic heterocycles. The summed E-state index contributed by atoms with van der Waals surface area (Å²) in [6, 6.07) is 2.95. The number of hydrogen-bond acceptors (Lipinski definition) is 4. The van der Waals surface area contributed by atoms with Gasteiger partial charge in [-0.3, -0.25) is 4.55 Å². The van der Waals surface area contributed by atoms with E-state index < -0.39 is 27.4 Å². The van der Waals surface area contributed by atoms with Crippen LogP contribution in [0.15, 0.2) is 18.2 Å². The Morgan fingerprint density at radius 2 is 2.19 bits per heavy atom. The molecule has 0 amide bonds. The zero-order valence-corrected chi connectivity index (χ0v) is 8.95. The Labute approximate surface area is 91.8 Å². The van der Waals surface area contributed by atoms with E-state index in [0.717, 1.165) is 6.07 Å². The highest BCUT2D eigenvalue weighted by Gasteiger charge is 2.34. The molecule has 7 heteroatoms. The van der Waals surface area contributed by atoms with Crippen molar-refractivity contribution in [2.75, 3.05) is 0 Å². The third-order valence-corrected chi connectivity index (χ3v) is 3.36. The van der Waals surface area contributed by atoms with E-state index in [1.165, 1.54) is 12.1 Å². The molecule has 88 valence electrons. The highest BCUT2D eigenvalue weighted by molar-refractivity contribution is 7.86. The molecule has 0 saturated heterocycles. The van der Waals surface area contributed by atoms with Gasteiger partial charge < -0.3 is 10.5 Å². The topological polar surface area (TPSA) is 89.6 Å². The largest absolute Gasteiger partial charge is 0.472 e. The van der Waals surface area contributed by atoms with E-state index in [9.17, 15) is 12.8 Å². The minimum Gasteiger partial charge on any atom is -0.472 e. The van der Waals surface area contributed by atoms with Crippen molar-refractivity contribution in [1.29, 1.82) is 0 Å². The zero-order chi connectivity index (χ0) is 11.9. The Kier molecular flexibility index (Phi) is 2.61. The van der Waals surface area contributed by atoms with Crippen LogP contribution in [0.25, 0.3) is 0 Å². The van der Waals surface area contributed by atoms with Gasteiger partial charge in [-0.15, -0.1) is 0 Å². The molecule has 0 spiro atoms. The average Bonchev–Trinajstić information content (AvgIpc) is 2.17. The lowest BCUT2D eigenvalue weighted by molar-refractivity contribution is 0.212. The molecule has 0 saturated carbocycles. The molecule has 2 atom stereocenters.